The molecule has 0 radical (unpaired) electrons. The van der Waals surface area contributed by atoms with E-state index in [4.69, 9.17) is 20.3 Å². The van der Waals surface area contributed by atoms with Gasteiger partial charge < -0.3 is 20.3 Å². The predicted octanol–water partition coefficient (Wildman–Crippen LogP) is 1.20. The maximum Gasteiger partial charge on any atom is 0.351 e. The number of rotatable bonds is 5. The Hall–Kier alpha value is -1.80. The molecular weight excluding hydrogens is 321 g/mol. The highest BCUT2D eigenvalue weighted by Crippen LogP contribution is 2.43. The average Bonchev–Trinajstić information content (AvgIpc) is 3.10. The van der Waals surface area contributed by atoms with Crippen LogP contribution < -0.4 is 5.73 Å². The molecular formula is C13H18N5O4P. The van der Waals surface area contributed by atoms with E-state index in [1.165, 1.54) is 12.7 Å². The van der Waals surface area contributed by atoms with Gasteiger partial charge in [0.1, 0.15) is 11.8 Å². The minimum atomic E-state index is -4.31. The molecule has 9 nitrogen and oxygen atoms in total. The van der Waals surface area contributed by atoms with Crippen molar-refractivity contribution in [3.63, 3.8) is 0 Å². The Morgan fingerprint density at radius 1 is 1.48 bits per heavy atom. The molecule has 1 aliphatic carbocycles. The Morgan fingerprint density at radius 2 is 2.26 bits per heavy atom. The van der Waals surface area contributed by atoms with Crippen LogP contribution in [0.3, 0.4) is 0 Å². The summed E-state index contributed by atoms with van der Waals surface area (Å²) in [4.78, 5) is 30.6. The molecule has 2 aromatic heterocycles. The van der Waals surface area contributed by atoms with Gasteiger partial charge in [-0.15, -0.1) is 0 Å². The Kier molecular flexibility index (Phi) is 3.97. The maximum atomic E-state index is 11.2. The van der Waals surface area contributed by atoms with Crippen LogP contribution in [0.15, 0.2) is 24.8 Å². The third-order valence-corrected chi connectivity index (χ3v) is 4.43. The van der Waals surface area contributed by atoms with Crippen molar-refractivity contribution in [2.45, 2.75) is 25.5 Å². The molecule has 23 heavy (non-hydrogen) atoms. The lowest BCUT2D eigenvalue weighted by molar-refractivity contribution is -0.0544. The molecule has 2 heterocycles. The number of nitrogens with two attached hydrogens (primary N) is 1. The van der Waals surface area contributed by atoms with Crippen LogP contribution in [-0.4, -0.2) is 35.7 Å². The Labute approximate surface area is 132 Å². The number of allylic oxidation sites excluding steroid dienone is 1. The summed E-state index contributed by atoms with van der Waals surface area (Å²) < 4.78 is 18.5. The molecule has 2 aromatic rings. The minimum absolute atomic E-state index is 0.239. The van der Waals surface area contributed by atoms with Crippen LogP contribution >= 0.6 is 7.60 Å². The van der Waals surface area contributed by atoms with Crippen LogP contribution in [-0.2, 0) is 15.0 Å². The molecule has 0 aromatic carbocycles. The van der Waals surface area contributed by atoms with E-state index in [-0.39, 0.29) is 11.7 Å². The summed E-state index contributed by atoms with van der Waals surface area (Å²) in [6.07, 6.45) is 7.36. The third kappa shape index (κ3) is 3.00. The van der Waals surface area contributed by atoms with Crippen LogP contribution in [0.2, 0.25) is 0 Å². The Balaban J connectivity index is 2.06. The van der Waals surface area contributed by atoms with Crippen molar-refractivity contribution < 1.29 is 19.1 Å². The fourth-order valence-electron chi connectivity index (χ4n) is 2.76. The second-order valence-corrected chi connectivity index (χ2v) is 7.15. The molecule has 3 rings (SSSR count). The van der Waals surface area contributed by atoms with Crippen LogP contribution in [0, 0.1) is 5.92 Å². The van der Waals surface area contributed by atoms with Crippen molar-refractivity contribution in [2.75, 3.05) is 12.1 Å². The quantitative estimate of drug-likeness (QED) is 0.546. The standard InChI is InChI=1S/C13H18N5O4P/c1-2-9-3-4-13(5-9,22-8-23(19,20)21)18-7-17-10-11(14)15-6-16-12(10)18/h3-4,6-7,9H,2,5,8H2,1H3,(H2,14,15,16)(H2,19,20,21)/t9-,13+/m1/s1. The van der Waals surface area contributed by atoms with Crippen molar-refractivity contribution in [3.05, 3.63) is 24.8 Å². The lowest BCUT2D eigenvalue weighted by atomic mass is 10.0. The zero-order valence-corrected chi connectivity index (χ0v) is 13.4. The smallest absolute Gasteiger partial charge is 0.351 e. The van der Waals surface area contributed by atoms with Crippen molar-refractivity contribution in [1.82, 2.24) is 19.5 Å². The van der Waals surface area contributed by atoms with Gasteiger partial charge in [-0.2, -0.15) is 0 Å². The zero-order valence-electron chi connectivity index (χ0n) is 12.5. The second-order valence-electron chi connectivity index (χ2n) is 5.56. The molecule has 0 spiro atoms. The number of hydrogen-bond donors (Lipinski definition) is 3. The summed E-state index contributed by atoms with van der Waals surface area (Å²) in [5, 5.41) is 0. The predicted molar refractivity (Wildman–Crippen MR) is 83.2 cm³/mol. The Bertz CT molecular complexity index is 801. The van der Waals surface area contributed by atoms with E-state index in [9.17, 15) is 4.57 Å². The first-order valence-corrected chi connectivity index (χ1v) is 8.96. The van der Waals surface area contributed by atoms with Gasteiger partial charge in [0.15, 0.2) is 23.5 Å². The molecule has 1 aliphatic rings. The summed E-state index contributed by atoms with van der Waals surface area (Å²) in [7, 11) is -4.31. The van der Waals surface area contributed by atoms with Crippen molar-refractivity contribution >= 4 is 24.6 Å². The summed E-state index contributed by atoms with van der Waals surface area (Å²) in [5.41, 5.74) is 5.65. The van der Waals surface area contributed by atoms with Gasteiger partial charge in [-0.25, -0.2) is 15.0 Å². The summed E-state index contributed by atoms with van der Waals surface area (Å²) >= 11 is 0. The van der Waals surface area contributed by atoms with Crippen LogP contribution in [0.25, 0.3) is 11.2 Å². The van der Waals surface area contributed by atoms with Gasteiger partial charge in [0.25, 0.3) is 0 Å². The Morgan fingerprint density at radius 3 is 2.91 bits per heavy atom. The first-order chi connectivity index (χ1) is 10.8. The number of anilines is 1. The van der Waals surface area contributed by atoms with E-state index in [1.807, 2.05) is 13.0 Å². The molecule has 4 N–H and O–H groups in total. The lowest BCUT2D eigenvalue weighted by Gasteiger charge is -2.30. The molecule has 10 heteroatoms. The summed E-state index contributed by atoms with van der Waals surface area (Å²) in [6.45, 7) is 2.04. The summed E-state index contributed by atoms with van der Waals surface area (Å²) in [6, 6.07) is 0. The SMILES string of the molecule is CC[C@@H]1C=C[C@@](OCP(=O)(O)O)(n2cnc3c(N)ncnc32)C1. The van der Waals surface area contributed by atoms with E-state index in [1.54, 1.807) is 10.6 Å². The van der Waals surface area contributed by atoms with Gasteiger partial charge in [0.05, 0.1) is 6.33 Å². The summed E-state index contributed by atoms with van der Waals surface area (Å²) in [5.74, 6) is 0.483. The molecule has 0 saturated heterocycles. The van der Waals surface area contributed by atoms with E-state index in [0.29, 0.717) is 17.6 Å². The zero-order chi connectivity index (χ0) is 16.7. The number of fused-ring (bicyclic) bond motifs is 1. The van der Waals surface area contributed by atoms with Crippen LogP contribution in [0.1, 0.15) is 19.8 Å². The molecule has 124 valence electrons. The van der Waals surface area contributed by atoms with Gasteiger partial charge in [0, 0.05) is 6.42 Å². The van der Waals surface area contributed by atoms with Crippen molar-refractivity contribution in [3.8, 4) is 0 Å². The minimum Gasteiger partial charge on any atom is -0.382 e. The third-order valence-electron chi connectivity index (χ3n) is 3.96. The maximum absolute atomic E-state index is 11.2. The van der Waals surface area contributed by atoms with Gasteiger partial charge in [0.2, 0.25) is 0 Å². The number of imidazole rings is 1. The number of nitrogens with zero attached hydrogens (tertiary/aromatic N) is 4. The second kappa shape index (κ2) is 5.68. The highest BCUT2D eigenvalue weighted by atomic mass is 31.2. The average molecular weight is 339 g/mol. The molecule has 0 saturated carbocycles. The lowest BCUT2D eigenvalue weighted by Crippen LogP contribution is -2.34. The molecule has 0 bridgehead atoms. The molecule has 2 atom stereocenters. The highest BCUT2D eigenvalue weighted by molar-refractivity contribution is 7.51. The van der Waals surface area contributed by atoms with Gasteiger partial charge in [-0.05, 0) is 18.4 Å². The van der Waals surface area contributed by atoms with Crippen molar-refractivity contribution in [1.29, 1.82) is 0 Å². The van der Waals surface area contributed by atoms with Crippen LogP contribution in [0.5, 0.6) is 0 Å². The highest BCUT2D eigenvalue weighted by Gasteiger charge is 2.40. The molecule has 0 fully saturated rings. The fourth-order valence-corrected chi connectivity index (χ4v) is 3.15. The van der Waals surface area contributed by atoms with E-state index < -0.39 is 19.7 Å². The topological polar surface area (TPSA) is 136 Å². The van der Waals surface area contributed by atoms with E-state index >= 15 is 0 Å². The van der Waals surface area contributed by atoms with Crippen molar-refractivity contribution in [2.24, 2.45) is 5.92 Å². The molecule has 0 unspecified atom stereocenters. The normalized spacial score (nSPS) is 24.6. The number of ether oxygens (including phenoxy) is 1. The van der Waals surface area contributed by atoms with E-state index in [0.717, 1.165) is 6.42 Å². The molecule has 0 amide bonds. The number of nitrogen functional groups attached to an aromatic ring is 1. The van der Waals surface area contributed by atoms with E-state index in [2.05, 4.69) is 15.0 Å². The van der Waals surface area contributed by atoms with Crippen LogP contribution in [0.4, 0.5) is 5.82 Å². The fraction of sp³-hybridized carbons (Fsp3) is 0.462. The monoisotopic (exact) mass is 339 g/mol. The van der Waals surface area contributed by atoms with Gasteiger partial charge in [-0.1, -0.05) is 13.0 Å². The first-order valence-electron chi connectivity index (χ1n) is 7.16. The van der Waals surface area contributed by atoms with Gasteiger partial charge in [-0.3, -0.25) is 9.13 Å². The number of hydrogen-bond acceptors (Lipinski definition) is 6. The first kappa shape index (κ1) is 16.1. The largest absolute Gasteiger partial charge is 0.382 e. The number of aromatic nitrogens is 4. The molecule has 0 aliphatic heterocycles. The van der Waals surface area contributed by atoms with Gasteiger partial charge >= 0.3 is 7.60 Å².